The molecular weight excluding hydrogens is 306 g/mol. The van der Waals surface area contributed by atoms with Gasteiger partial charge in [0, 0.05) is 49.9 Å². The maximum Gasteiger partial charge on any atom is 0.242 e. The molecule has 3 heterocycles. The highest BCUT2D eigenvalue weighted by Crippen LogP contribution is 2.18. The molecule has 124 valence electrons. The lowest BCUT2D eigenvalue weighted by Crippen LogP contribution is -2.30. The summed E-state index contributed by atoms with van der Waals surface area (Å²) in [5, 5.41) is 4.05. The number of imidazole rings is 1. The van der Waals surface area contributed by atoms with Gasteiger partial charge in [-0.15, -0.1) is 0 Å². The Bertz CT molecular complexity index is 809. The number of pyridine rings is 1. The van der Waals surface area contributed by atoms with Crippen molar-refractivity contribution in [3.05, 3.63) is 54.6 Å². The summed E-state index contributed by atoms with van der Waals surface area (Å²) in [4.78, 5) is 22.2. The van der Waals surface area contributed by atoms with Gasteiger partial charge in [0.2, 0.25) is 5.91 Å². The topological polar surface area (TPSA) is 77.1 Å². The molecule has 0 aromatic carbocycles. The van der Waals surface area contributed by atoms with Crippen molar-refractivity contribution in [3.63, 3.8) is 0 Å². The number of hydrogen-bond acceptors (Lipinski definition) is 5. The molecule has 1 amide bonds. The summed E-state index contributed by atoms with van der Waals surface area (Å²) in [6.45, 7) is 2.65. The van der Waals surface area contributed by atoms with Gasteiger partial charge >= 0.3 is 0 Å². The standard InChI is InChI=1S/C17H19N5O2/c1-3-16-19-8-9-22(16)12-17(23)21(2)11-14-10-15(20-24-14)13-4-6-18-7-5-13/h4-10H,3,11-12H2,1-2H3. The van der Waals surface area contributed by atoms with Crippen molar-refractivity contribution in [2.24, 2.45) is 0 Å². The largest absolute Gasteiger partial charge is 0.359 e. The van der Waals surface area contributed by atoms with E-state index in [4.69, 9.17) is 4.52 Å². The van der Waals surface area contributed by atoms with Crippen molar-refractivity contribution in [3.8, 4) is 11.3 Å². The van der Waals surface area contributed by atoms with E-state index in [1.165, 1.54) is 0 Å². The fraction of sp³-hybridized carbons (Fsp3) is 0.294. The van der Waals surface area contributed by atoms with E-state index in [1.807, 2.05) is 35.9 Å². The number of likely N-dealkylation sites (N-methyl/N-ethyl adjacent to an activating group) is 1. The second-order valence-electron chi connectivity index (χ2n) is 5.49. The average Bonchev–Trinajstić information content (AvgIpc) is 3.24. The summed E-state index contributed by atoms with van der Waals surface area (Å²) in [7, 11) is 1.75. The summed E-state index contributed by atoms with van der Waals surface area (Å²) >= 11 is 0. The fourth-order valence-electron chi connectivity index (χ4n) is 2.43. The first-order valence-corrected chi connectivity index (χ1v) is 7.77. The predicted molar refractivity (Wildman–Crippen MR) is 87.8 cm³/mol. The van der Waals surface area contributed by atoms with E-state index in [1.54, 1.807) is 30.5 Å². The Hall–Kier alpha value is -2.96. The number of amides is 1. The SMILES string of the molecule is CCc1nccn1CC(=O)N(C)Cc1cc(-c2ccncc2)no1. The normalized spacial score (nSPS) is 10.8. The van der Waals surface area contributed by atoms with E-state index in [0.717, 1.165) is 23.5 Å². The molecule has 3 aromatic heterocycles. The van der Waals surface area contributed by atoms with Crippen LogP contribution in [0.4, 0.5) is 0 Å². The molecule has 0 aliphatic rings. The molecule has 0 unspecified atom stereocenters. The zero-order valence-corrected chi connectivity index (χ0v) is 13.7. The number of rotatable bonds is 6. The average molecular weight is 325 g/mol. The summed E-state index contributed by atoms with van der Waals surface area (Å²) in [6, 6.07) is 5.57. The Kier molecular flexibility index (Phi) is 4.69. The molecule has 0 saturated carbocycles. The van der Waals surface area contributed by atoms with Gasteiger partial charge in [0.25, 0.3) is 0 Å². The molecule has 0 fully saturated rings. The van der Waals surface area contributed by atoms with Gasteiger partial charge in [0.1, 0.15) is 18.1 Å². The number of hydrogen-bond donors (Lipinski definition) is 0. The Balaban J connectivity index is 1.63. The summed E-state index contributed by atoms with van der Waals surface area (Å²) in [5.41, 5.74) is 1.66. The molecule has 3 aromatic rings. The predicted octanol–water partition coefficient (Wildman–Crippen LogP) is 2.15. The van der Waals surface area contributed by atoms with E-state index >= 15 is 0 Å². The first kappa shape index (κ1) is 15.9. The smallest absolute Gasteiger partial charge is 0.242 e. The van der Waals surface area contributed by atoms with Crippen molar-refractivity contribution in [1.29, 1.82) is 0 Å². The maximum absolute atomic E-state index is 12.4. The Morgan fingerprint density at radius 2 is 2.08 bits per heavy atom. The van der Waals surface area contributed by atoms with Crippen molar-refractivity contribution < 1.29 is 9.32 Å². The Morgan fingerprint density at radius 1 is 1.29 bits per heavy atom. The molecule has 24 heavy (non-hydrogen) atoms. The second-order valence-corrected chi connectivity index (χ2v) is 5.49. The molecule has 0 atom stereocenters. The molecule has 0 spiro atoms. The number of aryl methyl sites for hydroxylation is 1. The van der Waals surface area contributed by atoms with Crippen molar-refractivity contribution in [2.45, 2.75) is 26.4 Å². The van der Waals surface area contributed by atoms with Crippen LogP contribution in [0.15, 0.2) is 47.5 Å². The van der Waals surface area contributed by atoms with Gasteiger partial charge in [-0.2, -0.15) is 0 Å². The van der Waals surface area contributed by atoms with Gasteiger partial charge in [-0.25, -0.2) is 4.98 Å². The quantitative estimate of drug-likeness (QED) is 0.694. The first-order chi connectivity index (χ1) is 11.7. The maximum atomic E-state index is 12.4. The van der Waals surface area contributed by atoms with Crippen LogP contribution in [0.2, 0.25) is 0 Å². The molecule has 0 saturated heterocycles. The van der Waals surface area contributed by atoms with Gasteiger partial charge in [0.05, 0.1) is 6.54 Å². The van der Waals surface area contributed by atoms with Crippen LogP contribution < -0.4 is 0 Å². The lowest BCUT2D eigenvalue weighted by atomic mass is 10.2. The number of aromatic nitrogens is 4. The highest BCUT2D eigenvalue weighted by Gasteiger charge is 2.15. The molecule has 0 N–H and O–H groups in total. The van der Waals surface area contributed by atoms with E-state index in [9.17, 15) is 4.79 Å². The highest BCUT2D eigenvalue weighted by molar-refractivity contribution is 5.75. The highest BCUT2D eigenvalue weighted by atomic mass is 16.5. The fourth-order valence-corrected chi connectivity index (χ4v) is 2.43. The molecule has 0 radical (unpaired) electrons. The second kappa shape index (κ2) is 7.08. The zero-order chi connectivity index (χ0) is 16.9. The van der Waals surface area contributed by atoms with Crippen LogP contribution >= 0.6 is 0 Å². The Morgan fingerprint density at radius 3 is 2.83 bits per heavy atom. The van der Waals surface area contributed by atoms with Crippen molar-refractivity contribution in [1.82, 2.24) is 24.6 Å². The molecule has 0 aliphatic carbocycles. The summed E-state index contributed by atoms with van der Waals surface area (Å²) in [6.07, 6.45) is 7.73. The molecule has 0 aliphatic heterocycles. The third kappa shape index (κ3) is 3.51. The molecule has 0 bridgehead atoms. The van der Waals surface area contributed by atoms with Crippen LogP contribution in [0.1, 0.15) is 18.5 Å². The lowest BCUT2D eigenvalue weighted by molar-refractivity contribution is -0.131. The minimum atomic E-state index is -0.00967. The number of carbonyl (C=O) groups excluding carboxylic acids is 1. The zero-order valence-electron chi connectivity index (χ0n) is 13.7. The summed E-state index contributed by atoms with van der Waals surface area (Å²) < 4.78 is 7.20. The van der Waals surface area contributed by atoms with Crippen LogP contribution in [0.3, 0.4) is 0 Å². The van der Waals surface area contributed by atoms with Crippen molar-refractivity contribution in [2.75, 3.05) is 7.05 Å². The Labute approximate surface area is 139 Å². The minimum Gasteiger partial charge on any atom is -0.359 e. The summed E-state index contributed by atoms with van der Waals surface area (Å²) in [5.74, 6) is 1.53. The third-order valence-corrected chi connectivity index (χ3v) is 3.78. The molecule has 3 rings (SSSR count). The lowest BCUT2D eigenvalue weighted by Gasteiger charge is -2.16. The van der Waals surface area contributed by atoms with Crippen LogP contribution in [0.25, 0.3) is 11.3 Å². The number of carbonyl (C=O) groups is 1. The molecule has 7 heteroatoms. The van der Waals surface area contributed by atoms with Gasteiger partial charge in [0.15, 0.2) is 5.76 Å². The van der Waals surface area contributed by atoms with Gasteiger partial charge in [-0.3, -0.25) is 9.78 Å². The van der Waals surface area contributed by atoms with Crippen LogP contribution in [-0.2, 0) is 24.3 Å². The van der Waals surface area contributed by atoms with Crippen LogP contribution in [0, 0.1) is 0 Å². The third-order valence-electron chi connectivity index (χ3n) is 3.78. The van der Waals surface area contributed by atoms with E-state index < -0.39 is 0 Å². The minimum absolute atomic E-state index is 0.00967. The van der Waals surface area contributed by atoms with Gasteiger partial charge in [-0.1, -0.05) is 12.1 Å². The van der Waals surface area contributed by atoms with E-state index in [-0.39, 0.29) is 12.5 Å². The van der Waals surface area contributed by atoms with Crippen LogP contribution in [-0.4, -0.2) is 37.5 Å². The van der Waals surface area contributed by atoms with Crippen LogP contribution in [0.5, 0.6) is 0 Å². The van der Waals surface area contributed by atoms with Gasteiger partial charge in [-0.05, 0) is 12.1 Å². The number of nitrogens with zero attached hydrogens (tertiary/aromatic N) is 5. The van der Waals surface area contributed by atoms with Crippen molar-refractivity contribution >= 4 is 5.91 Å². The van der Waals surface area contributed by atoms with E-state index in [0.29, 0.717) is 12.3 Å². The van der Waals surface area contributed by atoms with Gasteiger partial charge < -0.3 is 14.0 Å². The monoisotopic (exact) mass is 325 g/mol. The molecular formula is C17H19N5O2. The first-order valence-electron chi connectivity index (χ1n) is 7.77. The molecule has 7 nitrogen and oxygen atoms in total. The van der Waals surface area contributed by atoms with E-state index in [2.05, 4.69) is 15.1 Å².